The average Bonchev–Trinajstić information content (AvgIpc) is 1.87. The molecule has 0 aromatic rings. The second-order valence-corrected chi connectivity index (χ2v) is 1.91. The van der Waals surface area contributed by atoms with Crippen molar-refractivity contribution in [1.29, 1.82) is 0 Å². The third-order valence-electron chi connectivity index (χ3n) is 0.879. The van der Waals surface area contributed by atoms with Crippen LogP contribution in [0.3, 0.4) is 0 Å². The molecule has 0 aliphatic rings. The van der Waals surface area contributed by atoms with Gasteiger partial charge < -0.3 is 10.1 Å². The van der Waals surface area contributed by atoms with E-state index >= 15 is 0 Å². The molecule has 0 aliphatic heterocycles. The van der Waals surface area contributed by atoms with Crippen molar-refractivity contribution in [2.75, 3.05) is 6.61 Å². The minimum Gasteiger partial charge on any atom is -0.466 e. The molecule has 4 nitrogen and oxygen atoms in total. The quantitative estimate of drug-likeness (QED) is 0.596. The zero-order valence-corrected chi connectivity index (χ0v) is 6.72. The van der Waals surface area contributed by atoms with E-state index < -0.39 is 0 Å². The number of carbonyl (C=O) groups excluding carboxylic acids is 2. The molecule has 1 radical (unpaired) electrons. The number of hydrogen-bond donors (Lipinski definition) is 1. The van der Waals surface area contributed by atoms with Crippen LogP contribution in [0.25, 0.3) is 0 Å². The molecule has 0 bridgehead atoms. The van der Waals surface area contributed by atoms with Gasteiger partial charge in [0.25, 0.3) is 0 Å². The number of esters is 1. The SMILES string of the molecule is CCOC(=O)C[CH]NC(C)=O. The molecule has 63 valence electrons. The molecule has 0 atom stereocenters. The smallest absolute Gasteiger partial charge is 0.307 e. The third-order valence-corrected chi connectivity index (χ3v) is 0.879. The van der Waals surface area contributed by atoms with Crippen LogP contribution in [0.4, 0.5) is 0 Å². The number of carbonyl (C=O) groups is 2. The second-order valence-electron chi connectivity index (χ2n) is 1.91. The van der Waals surface area contributed by atoms with Crippen molar-refractivity contribution in [3.63, 3.8) is 0 Å². The van der Waals surface area contributed by atoms with Gasteiger partial charge in [-0.15, -0.1) is 0 Å². The normalized spacial score (nSPS) is 8.91. The topological polar surface area (TPSA) is 55.4 Å². The van der Waals surface area contributed by atoms with Crippen LogP contribution in [0, 0.1) is 6.54 Å². The first kappa shape index (κ1) is 9.94. The Bertz CT molecular complexity index is 145. The molecule has 0 unspecified atom stereocenters. The second kappa shape index (κ2) is 5.70. The lowest BCUT2D eigenvalue weighted by molar-refractivity contribution is -0.142. The highest BCUT2D eigenvalue weighted by atomic mass is 16.5. The summed E-state index contributed by atoms with van der Waals surface area (Å²) in [5.41, 5.74) is 0. The maximum absolute atomic E-state index is 10.6. The first-order valence-corrected chi connectivity index (χ1v) is 3.41. The summed E-state index contributed by atoms with van der Waals surface area (Å²) in [7, 11) is 0. The van der Waals surface area contributed by atoms with E-state index in [-0.39, 0.29) is 18.3 Å². The first-order valence-electron chi connectivity index (χ1n) is 3.41. The highest BCUT2D eigenvalue weighted by molar-refractivity contribution is 5.75. The van der Waals surface area contributed by atoms with Crippen molar-refractivity contribution in [2.45, 2.75) is 20.3 Å². The Hall–Kier alpha value is -1.06. The van der Waals surface area contributed by atoms with Crippen molar-refractivity contribution < 1.29 is 14.3 Å². The van der Waals surface area contributed by atoms with Crippen LogP contribution in [0.1, 0.15) is 20.3 Å². The fraction of sp³-hybridized carbons (Fsp3) is 0.571. The van der Waals surface area contributed by atoms with E-state index in [2.05, 4.69) is 10.1 Å². The van der Waals surface area contributed by atoms with Gasteiger partial charge in [0.2, 0.25) is 5.91 Å². The highest BCUT2D eigenvalue weighted by Gasteiger charge is 2.00. The Morgan fingerprint density at radius 1 is 1.55 bits per heavy atom. The predicted molar refractivity (Wildman–Crippen MR) is 39.4 cm³/mol. The molecule has 0 saturated heterocycles. The van der Waals surface area contributed by atoms with E-state index in [0.717, 1.165) is 0 Å². The number of amides is 1. The van der Waals surface area contributed by atoms with Gasteiger partial charge in [0.05, 0.1) is 19.6 Å². The Labute approximate surface area is 65.9 Å². The number of ether oxygens (including phenoxy) is 1. The Balaban J connectivity index is 3.24. The van der Waals surface area contributed by atoms with E-state index in [1.165, 1.54) is 13.5 Å². The molecule has 0 aliphatic carbocycles. The molecule has 4 heteroatoms. The van der Waals surface area contributed by atoms with Crippen molar-refractivity contribution in [3.8, 4) is 0 Å². The van der Waals surface area contributed by atoms with Gasteiger partial charge in [-0.05, 0) is 6.92 Å². The lowest BCUT2D eigenvalue weighted by atomic mass is 10.4. The maximum Gasteiger partial charge on any atom is 0.307 e. The summed E-state index contributed by atoms with van der Waals surface area (Å²) in [6.45, 7) is 4.85. The van der Waals surface area contributed by atoms with Crippen molar-refractivity contribution in [1.82, 2.24) is 5.32 Å². The molecule has 0 aromatic carbocycles. The van der Waals surface area contributed by atoms with Gasteiger partial charge in [-0.1, -0.05) is 0 Å². The largest absolute Gasteiger partial charge is 0.466 e. The van der Waals surface area contributed by atoms with Crippen LogP contribution in [0.15, 0.2) is 0 Å². The van der Waals surface area contributed by atoms with Crippen molar-refractivity contribution >= 4 is 11.9 Å². The Morgan fingerprint density at radius 2 is 2.18 bits per heavy atom. The van der Waals surface area contributed by atoms with Gasteiger partial charge in [0.15, 0.2) is 0 Å². The first-order chi connectivity index (χ1) is 5.16. The van der Waals surface area contributed by atoms with Crippen LogP contribution in [0.5, 0.6) is 0 Å². The molecule has 1 amide bonds. The molecule has 0 spiro atoms. The van der Waals surface area contributed by atoms with Gasteiger partial charge in [0.1, 0.15) is 0 Å². The summed E-state index contributed by atoms with van der Waals surface area (Å²) in [6.07, 6.45) is 0.118. The molecular weight excluding hydrogens is 146 g/mol. The van der Waals surface area contributed by atoms with Crippen molar-refractivity contribution in [2.24, 2.45) is 0 Å². The molecule has 0 aromatic heterocycles. The summed E-state index contributed by atoms with van der Waals surface area (Å²) in [5.74, 6) is -0.518. The summed E-state index contributed by atoms with van der Waals surface area (Å²) < 4.78 is 4.60. The highest BCUT2D eigenvalue weighted by Crippen LogP contribution is 1.87. The van der Waals surface area contributed by atoms with Gasteiger partial charge in [-0.3, -0.25) is 9.59 Å². The minimum absolute atomic E-state index is 0.118. The Morgan fingerprint density at radius 3 is 2.64 bits per heavy atom. The Kier molecular flexibility index (Phi) is 5.15. The predicted octanol–water partition coefficient (Wildman–Crippen LogP) is 0.237. The monoisotopic (exact) mass is 158 g/mol. The van der Waals surface area contributed by atoms with E-state index in [4.69, 9.17) is 0 Å². The standard InChI is InChI=1S/C7H12NO3/c1-3-11-7(10)4-5-8-6(2)9/h5H,3-4H2,1-2H3,(H,8,9). The molecule has 0 fully saturated rings. The van der Waals surface area contributed by atoms with Gasteiger partial charge >= 0.3 is 5.97 Å². The number of hydrogen-bond acceptors (Lipinski definition) is 3. The molecule has 0 heterocycles. The summed E-state index contributed by atoms with van der Waals surface area (Å²) in [6, 6.07) is 0. The van der Waals surface area contributed by atoms with Crippen LogP contribution in [-0.2, 0) is 14.3 Å². The van der Waals surface area contributed by atoms with Gasteiger partial charge in [-0.2, -0.15) is 0 Å². The average molecular weight is 158 g/mol. The van der Waals surface area contributed by atoms with E-state index in [1.54, 1.807) is 6.92 Å². The van der Waals surface area contributed by atoms with Gasteiger partial charge in [0, 0.05) is 6.92 Å². The van der Waals surface area contributed by atoms with Crippen molar-refractivity contribution in [3.05, 3.63) is 6.54 Å². The summed E-state index contributed by atoms with van der Waals surface area (Å²) in [5, 5.41) is 2.37. The molecule has 1 N–H and O–H groups in total. The number of nitrogens with one attached hydrogen (secondary N) is 1. The molecule has 11 heavy (non-hydrogen) atoms. The third kappa shape index (κ3) is 6.83. The lowest BCUT2D eigenvalue weighted by Gasteiger charge is -2.00. The lowest BCUT2D eigenvalue weighted by Crippen LogP contribution is -2.18. The zero-order chi connectivity index (χ0) is 8.69. The number of rotatable bonds is 4. The van der Waals surface area contributed by atoms with Crippen LogP contribution in [-0.4, -0.2) is 18.5 Å². The van der Waals surface area contributed by atoms with E-state index in [9.17, 15) is 9.59 Å². The van der Waals surface area contributed by atoms with Crippen LogP contribution < -0.4 is 5.32 Å². The van der Waals surface area contributed by atoms with Gasteiger partial charge in [-0.25, -0.2) is 0 Å². The van der Waals surface area contributed by atoms with E-state index in [0.29, 0.717) is 6.61 Å². The molecular formula is C7H12NO3. The molecule has 0 saturated carbocycles. The summed E-state index contributed by atoms with van der Waals surface area (Å²) >= 11 is 0. The summed E-state index contributed by atoms with van der Waals surface area (Å²) in [4.78, 5) is 20.9. The fourth-order valence-corrected chi connectivity index (χ4v) is 0.498. The zero-order valence-electron chi connectivity index (χ0n) is 6.72. The van der Waals surface area contributed by atoms with Crippen LogP contribution >= 0.6 is 0 Å². The van der Waals surface area contributed by atoms with Crippen LogP contribution in [0.2, 0.25) is 0 Å². The molecule has 0 rings (SSSR count). The maximum atomic E-state index is 10.6. The fourth-order valence-electron chi connectivity index (χ4n) is 0.498. The van der Waals surface area contributed by atoms with E-state index in [1.807, 2.05) is 0 Å². The minimum atomic E-state index is -0.332.